The first-order chi connectivity index (χ1) is 12.2. The van der Waals surface area contributed by atoms with Crippen molar-refractivity contribution in [2.24, 2.45) is 0 Å². The monoisotopic (exact) mass is 335 g/mol. The minimum atomic E-state index is 0.292. The molecule has 25 heavy (non-hydrogen) atoms. The Labute approximate surface area is 146 Å². The first kappa shape index (κ1) is 15.9. The standard InChI is InChI=1S/C19H21N5O/c1-13(2)15-6-4-14(5-7-15)10-24-11-16(12-24)19-22-18(23-25-19)17-20-8-3-9-21-17/h3-9,13,16H,10-12H2,1-2H3. The van der Waals surface area contributed by atoms with Crippen LogP contribution in [0.3, 0.4) is 0 Å². The van der Waals surface area contributed by atoms with E-state index >= 15 is 0 Å². The number of benzene rings is 1. The van der Waals surface area contributed by atoms with Crippen LogP contribution in [0.15, 0.2) is 47.2 Å². The van der Waals surface area contributed by atoms with Gasteiger partial charge in [0.15, 0.2) is 0 Å². The van der Waals surface area contributed by atoms with Gasteiger partial charge in [-0.3, -0.25) is 4.90 Å². The maximum Gasteiger partial charge on any atom is 0.240 e. The maximum absolute atomic E-state index is 5.40. The van der Waals surface area contributed by atoms with Gasteiger partial charge < -0.3 is 4.52 Å². The van der Waals surface area contributed by atoms with Gasteiger partial charge in [0.1, 0.15) is 0 Å². The summed E-state index contributed by atoms with van der Waals surface area (Å²) in [6.07, 6.45) is 3.35. The summed E-state index contributed by atoms with van der Waals surface area (Å²) >= 11 is 0. The number of likely N-dealkylation sites (tertiary alicyclic amines) is 1. The van der Waals surface area contributed by atoms with Crippen molar-refractivity contribution in [2.45, 2.75) is 32.2 Å². The van der Waals surface area contributed by atoms with Gasteiger partial charge in [0.25, 0.3) is 0 Å². The van der Waals surface area contributed by atoms with E-state index in [1.54, 1.807) is 18.5 Å². The number of hydrogen-bond donors (Lipinski definition) is 0. The molecule has 6 heteroatoms. The van der Waals surface area contributed by atoms with Crippen molar-refractivity contribution in [2.75, 3.05) is 13.1 Å². The van der Waals surface area contributed by atoms with E-state index in [9.17, 15) is 0 Å². The molecule has 6 nitrogen and oxygen atoms in total. The number of aromatic nitrogens is 4. The highest BCUT2D eigenvalue weighted by Gasteiger charge is 2.32. The SMILES string of the molecule is CC(C)c1ccc(CN2CC(c3nc(-c4ncccn4)no3)C2)cc1. The van der Waals surface area contributed by atoms with Crippen LogP contribution in [0.5, 0.6) is 0 Å². The molecule has 1 aliphatic heterocycles. The van der Waals surface area contributed by atoms with E-state index in [1.165, 1.54) is 11.1 Å². The van der Waals surface area contributed by atoms with Crippen LogP contribution in [0.2, 0.25) is 0 Å². The first-order valence-electron chi connectivity index (χ1n) is 8.61. The van der Waals surface area contributed by atoms with Crippen LogP contribution in [0.4, 0.5) is 0 Å². The highest BCUT2D eigenvalue weighted by Crippen LogP contribution is 2.28. The van der Waals surface area contributed by atoms with Crippen LogP contribution in [-0.2, 0) is 6.54 Å². The Kier molecular flexibility index (Phi) is 4.28. The van der Waals surface area contributed by atoms with Crippen molar-refractivity contribution in [3.63, 3.8) is 0 Å². The van der Waals surface area contributed by atoms with Crippen LogP contribution in [-0.4, -0.2) is 38.1 Å². The fourth-order valence-electron chi connectivity index (χ4n) is 3.03. The number of hydrogen-bond acceptors (Lipinski definition) is 6. The number of nitrogens with zero attached hydrogens (tertiary/aromatic N) is 5. The van der Waals surface area contributed by atoms with Crippen LogP contribution in [0.25, 0.3) is 11.6 Å². The van der Waals surface area contributed by atoms with Gasteiger partial charge in [-0.1, -0.05) is 43.3 Å². The summed E-state index contributed by atoms with van der Waals surface area (Å²) in [6.45, 7) is 7.26. The second-order valence-electron chi connectivity index (χ2n) is 6.82. The van der Waals surface area contributed by atoms with Crippen LogP contribution in [0.1, 0.15) is 42.7 Å². The van der Waals surface area contributed by atoms with Gasteiger partial charge in [-0.25, -0.2) is 9.97 Å². The molecule has 0 radical (unpaired) electrons. The van der Waals surface area contributed by atoms with Gasteiger partial charge in [-0.2, -0.15) is 4.98 Å². The van der Waals surface area contributed by atoms with E-state index in [-0.39, 0.29) is 0 Å². The first-order valence-corrected chi connectivity index (χ1v) is 8.61. The van der Waals surface area contributed by atoms with Crippen LogP contribution in [0, 0.1) is 0 Å². The third-order valence-corrected chi connectivity index (χ3v) is 4.57. The zero-order chi connectivity index (χ0) is 17.2. The summed E-state index contributed by atoms with van der Waals surface area (Å²) in [5.74, 6) is 2.49. The average Bonchev–Trinajstić information content (AvgIpc) is 3.08. The lowest BCUT2D eigenvalue weighted by Gasteiger charge is -2.37. The molecule has 1 fully saturated rings. The lowest BCUT2D eigenvalue weighted by molar-refractivity contribution is 0.117. The largest absolute Gasteiger partial charge is 0.338 e. The Bertz CT molecular complexity index is 823. The van der Waals surface area contributed by atoms with Crippen molar-refractivity contribution in [1.82, 2.24) is 25.0 Å². The van der Waals surface area contributed by atoms with E-state index in [0.29, 0.717) is 29.4 Å². The van der Waals surface area contributed by atoms with E-state index in [0.717, 1.165) is 19.6 Å². The molecule has 0 saturated carbocycles. The summed E-state index contributed by atoms with van der Waals surface area (Å²) in [5.41, 5.74) is 2.72. The minimum absolute atomic E-state index is 0.292. The molecule has 1 saturated heterocycles. The van der Waals surface area contributed by atoms with Crippen molar-refractivity contribution in [3.05, 3.63) is 59.7 Å². The molecule has 128 valence electrons. The fraction of sp³-hybridized carbons (Fsp3) is 0.368. The molecule has 0 unspecified atom stereocenters. The fourth-order valence-corrected chi connectivity index (χ4v) is 3.03. The average molecular weight is 335 g/mol. The molecule has 0 spiro atoms. The Hall–Kier alpha value is -2.60. The predicted octanol–water partition coefficient (Wildman–Crippen LogP) is 3.25. The maximum atomic E-state index is 5.40. The van der Waals surface area contributed by atoms with Crippen molar-refractivity contribution >= 4 is 0 Å². The Morgan fingerprint density at radius 3 is 2.48 bits per heavy atom. The molecule has 2 aromatic heterocycles. The topological polar surface area (TPSA) is 67.9 Å². The molecule has 1 aliphatic rings. The van der Waals surface area contributed by atoms with Gasteiger partial charge >= 0.3 is 0 Å². The lowest BCUT2D eigenvalue weighted by Crippen LogP contribution is -2.44. The second-order valence-corrected chi connectivity index (χ2v) is 6.82. The van der Waals surface area contributed by atoms with Gasteiger partial charge in [-0.05, 0) is 23.1 Å². The third-order valence-electron chi connectivity index (χ3n) is 4.57. The number of rotatable bonds is 5. The molecule has 3 heterocycles. The van der Waals surface area contributed by atoms with E-state index in [4.69, 9.17) is 4.52 Å². The summed E-state index contributed by atoms with van der Waals surface area (Å²) in [6, 6.07) is 10.7. The third kappa shape index (κ3) is 3.44. The Morgan fingerprint density at radius 1 is 1.08 bits per heavy atom. The molecular weight excluding hydrogens is 314 g/mol. The molecule has 0 amide bonds. The molecule has 0 bridgehead atoms. The van der Waals surface area contributed by atoms with Crippen LogP contribution >= 0.6 is 0 Å². The van der Waals surface area contributed by atoms with Gasteiger partial charge in [0, 0.05) is 32.0 Å². The Balaban J connectivity index is 1.34. The summed E-state index contributed by atoms with van der Waals surface area (Å²) < 4.78 is 5.40. The zero-order valence-electron chi connectivity index (χ0n) is 14.5. The van der Waals surface area contributed by atoms with E-state index in [1.807, 2.05) is 0 Å². The summed E-state index contributed by atoms with van der Waals surface area (Å²) in [7, 11) is 0. The van der Waals surface area contributed by atoms with Gasteiger partial charge in [0.05, 0.1) is 5.92 Å². The van der Waals surface area contributed by atoms with Crippen molar-refractivity contribution in [1.29, 1.82) is 0 Å². The summed E-state index contributed by atoms with van der Waals surface area (Å²) in [5, 5.41) is 3.99. The normalized spacial score (nSPS) is 15.5. The predicted molar refractivity (Wildman–Crippen MR) is 93.9 cm³/mol. The van der Waals surface area contributed by atoms with Gasteiger partial charge in [-0.15, -0.1) is 0 Å². The molecule has 0 atom stereocenters. The summed E-state index contributed by atoms with van der Waals surface area (Å²) in [4.78, 5) is 15.1. The molecule has 4 rings (SSSR count). The lowest BCUT2D eigenvalue weighted by atomic mass is 9.98. The molecular formula is C19H21N5O. The van der Waals surface area contributed by atoms with Crippen molar-refractivity contribution in [3.8, 4) is 11.6 Å². The minimum Gasteiger partial charge on any atom is -0.338 e. The Morgan fingerprint density at radius 2 is 1.80 bits per heavy atom. The quantitative estimate of drug-likeness (QED) is 0.713. The highest BCUT2D eigenvalue weighted by atomic mass is 16.5. The van der Waals surface area contributed by atoms with Crippen LogP contribution < -0.4 is 0 Å². The molecule has 0 aliphatic carbocycles. The zero-order valence-corrected chi connectivity index (χ0v) is 14.5. The molecule has 1 aromatic carbocycles. The van der Waals surface area contributed by atoms with Crippen molar-refractivity contribution < 1.29 is 4.52 Å². The second kappa shape index (κ2) is 6.72. The molecule has 3 aromatic rings. The smallest absolute Gasteiger partial charge is 0.240 e. The highest BCUT2D eigenvalue weighted by molar-refractivity contribution is 5.40. The van der Waals surface area contributed by atoms with E-state index in [2.05, 4.69) is 63.1 Å². The van der Waals surface area contributed by atoms with Gasteiger partial charge in [0.2, 0.25) is 17.5 Å². The van der Waals surface area contributed by atoms with E-state index < -0.39 is 0 Å². The molecule has 0 N–H and O–H groups in total.